The van der Waals surface area contributed by atoms with Crippen LogP contribution in [0.15, 0.2) is 66.7 Å². The van der Waals surface area contributed by atoms with Gasteiger partial charge in [0.05, 0.1) is 6.61 Å². The third-order valence-corrected chi connectivity index (χ3v) is 6.11. The Hall–Kier alpha value is -2.20. The van der Waals surface area contributed by atoms with Crippen molar-refractivity contribution in [2.75, 3.05) is 19.8 Å². The van der Waals surface area contributed by atoms with Crippen LogP contribution in [-0.4, -0.2) is 25.9 Å². The molecule has 1 aliphatic rings. The molecule has 0 spiro atoms. The topological polar surface area (TPSA) is 27.7 Å². The highest BCUT2D eigenvalue weighted by atomic mass is 35.5. The molecule has 5 heteroatoms. The lowest BCUT2D eigenvalue weighted by atomic mass is 9.86. The molecular formula is C26H26Cl2O3. The van der Waals surface area contributed by atoms with Gasteiger partial charge in [0.15, 0.2) is 17.6 Å². The van der Waals surface area contributed by atoms with Gasteiger partial charge in [0.1, 0.15) is 6.61 Å². The molecule has 0 saturated heterocycles. The van der Waals surface area contributed by atoms with Crippen LogP contribution in [0.4, 0.5) is 0 Å². The highest BCUT2D eigenvalue weighted by molar-refractivity contribution is 6.33. The summed E-state index contributed by atoms with van der Waals surface area (Å²) in [5.41, 5.74) is 3.50. The van der Waals surface area contributed by atoms with Crippen LogP contribution >= 0.6 is 23.2 Å². The normalized spacial score (nSPS) is 16.2. The van der Waals surface area contributed by atoms with E-state index in [1.165, 1.54) is 11.1 Å². The zero-order chi connectivity index (χ0) is 21.6. The summed E-state index contributed by atoms with van der Waals surface area (Å²) in [5, 5.41) is 1.45. The van der Waals surface area contributed by atoms with Gasteiger partial charge in [-0.1, -0.05) is 59.6 Å². The highest BCUT2D eigenvalue weighted by Crippen LogP contribution is 2.38. The van der Waals surface area contributed by atoms with Crippen LogP contribution in [0.3, 0.4) is 0 Å². The van der Waals surface area contributed by atoms with E-state index in [0.717, 1.165) is 34.9 Å². The Labute approximate surface area is 193 Å². The number of fused-ring (bicyclic) bond motifs is 1. The van der Waals surface area contributed by atoms with Gasteiger partial charge in [-0.15, -0.1) is 0 Å². The summed E-state index contributed by atoms with van der Waals surface area (Å²) < 4.78 is 17.6. The number of ether oxygens (including phenoxy) is 3. The monoisotopic (exact) mass is 456 g/mol. The summed E-state index contributed by atoms with van der Waals surface area (Å²) in [6, 6.07) is 22.4. The predicted molar refractivity (Wildman–Crippen MR) is 126 cm³/mol. The molecule has 0 fully saturated rings. The van der Waals surface area contributed by atoms with Crippen molar-refractivity contribution < 1.29 is 14.2 Å². The number of aryl methyl sites for hydroxylation is 1. The van der Waals surface area contributed by atoms with E-state index < -0.39 is 0 Å². The van der Waals surface area contributed by atoms with Crippen molar-refractivity contribution >= 4 is 23.2 Å². The summed E-state index contributed by atoms with van der Waals surface area (Å²) in [4.78, 5) is 0. The average Bonchev–Trinajstić information content (AvgIpc) is 2.80. The maximum Gasteiger partial charge on any atom is 0.162 e. The van der Waals surface area contributed by atoms with E-state index in [-0.39, 0.29) is 12.0 Å². The van der Waals surface area contributed by atoms with Gasteiger partial charge in [-0.25, -0.2) is 0 Å². The first-order chi connectivity index (χ1) is 15.1. The smallest absolute Gasteiger partial charge is 0.162 e. The van der Waals surface area contributed by atoms with Crippen molar-refractivity contribution in [3.05, 3.63) is 93.5 Å². The van der Waals surface area contributed by atoms with Gasteiger partial charge in [0, 0.05) is 22.6 Å². The molecule has 2 unspecified atom stereocenters. The molecule has 0 aliphatic carbocycles. The summed E-state index contributed by atoms with van der Waals surface area (Å²) in [6.07, 6.45) is 1.62. The molecular weight excluding hydrogens is 431 g/mol. The third kappa shape index (κ3) is 5.54. The van der Waals surface area contributed by atoms with Gasteiger partial charge >= 0.3 is 0 Å². The van der Waals surface area contributed by atoms with Crippen molar-refractivity contribution in [3.63, 3.8) is 0 Å². The molecule has 3 nitrogen and oxygen atoms in total. The lowest BCUT2D eigenvalue weighted by Gasteiger charge is -2.28. The zero-order valence-electron chi connectivity index (χ0n) is 17.5. The third-order valence-electron chi connectivity index (χ3n) is 5.51. The van der Waals surface area contributed by atoms with Gasteiger partial charge in [-0.05, 0) is 66.8 Å². The van der Waals surface area contributed by atoms with Crippen LogP contribution < -0.4 is 9.47 Å². The van der Waals surface area contributed by atoms with Crippen molar-refractivity contribution in [1.82, 2.24) is 0 Å². The first-order valence-corrected chi connectivity index (χ1v) is 11.4. The summed E-state index contributed by atoms with van der Waals surface area (Å²) in [7, 11) is 0. The number of rotatable bonds is 8. The van der Waals surface area contributed by atoms with Crippen LogP contribution in [0, 0.1) is 0 Å². The second-order valence-electron chi connectivity index (χ2n) is 7.65. The molecule has 1 aliphatic heterocycles. The van der Waals surface area contributed by atoms with Gasteiger partial charge in [-0.3, -0.25) is 0 Å². The van der Waals surface area contributed by atoms with E-state index >= 15 is 0 Å². The Kier molecular flexibility index (Phi) is 7.39. The first-order valence-electron chi connectivity index (χ1n) is 10.6. The fourth-order valence-corrected chi connectivity index (χ4v) is 4.33. The van der Waals surface area contributed by atoms with Gasteiger partial charge in [0.25, 0.3) is 0 Å². The lowest BCUT2D eigenvalue weighted by Crippen LogP contribution is -2.33. The Balaban J connectivity index is 1.59. The Morgan fingerprint density at radius 1 is 0.968 bits per heavy atom. The second-order valence-corrected chi connectivity index (χ2v) is 8.50. The molecule has 31 heavy (non-hydrogen) atoms. The Morgan fingerprint density at radius 2 is 1.81 bits per heavy atom. The average molecular weight is 457 g/mol. The lowest BCUT2D eigenvalue weighted by molar-refractivity contribution is 0.0127. The van der Waals surface area contributed by atoms with E-state index in [9.17, 15) is 0 Å². The number of hydrogen-bond donors (Lipinski definition) is 0. The maximum absolute atomic E-state index is 6.42. The summed E-state index contributed by atoms with van der Waals surface area (Å²) >= 11 is 12.6. The van der Waals surface area contributed by atoms with Crippen molar-refractivity contribution in [3.8, 4) is 11.5 Å². The fourth-order valence-electron chi connectivity index (χ4n) is 3.93. The molecule has 0 N–H and O–H groups in total. The Morgan fingerprint density at radius 3 is 2.61 bits per heavy atom. The van der Waals surface area contributed by atoms with Crippen LogP contribution in [0.5, 0.6) is 11.5 Å². The molecule has 3 aromatic rings. The molecule has 0 amide bonds. The van der Waals surface area contributed by atoms with E-state index in [1.54, 1.807) is 0 Å². The van der Waals surface area contributed by atoms with E-state index in [1.807, 2.05) is 37.3 Å². The summed E-state index contributed by atoms with van der Waals surface area (Å²) in [5.74, 6) is 1.74. The second kappa shape index (κ2) is 10.4. The number of benzene rings is 3. The molecule has 4 rings (SSSR count). The fraction of sp³-hybridized carbons (Fsp3) is 0.308. The molecule has 2 atom stereocenters. The minimum atomic E-state index is -0.0943. The maximum atomic E-state index is 6.42. The van der Waals surface area contributed by atoms with Crippen LogP contribution in [0.1, 0.15) is 36.0 Å². The standard InChI is InChI=1S/C26H26Cl2O3/c1-2-29-16-22-17-30-25-13-9-19(15-26(25)31-22)23(18-6-4-3-5-7-18)11-8-20-14-21(27)10-12-24(20)28/h3-7,9-10,12-15,22-23H,2,8,11,16-17H2,1H3. The van der Waals surface area contributed by atoms with Gasteiger partial charge in [0.2, 0.25) is 0 Å². The van der Waals surface area contributed by atoms with Gasteiger partial charge < -0.3 is 14.2 Å². The quantitative estimate of drug-likeness (QED) is 0.367. The van der Waals surface area contributed by atoms with E-state index in [2.05, 4.69) is 36.4 Å². The molecule has 162 valence electrons. The SMILES string of the molecule is CCOCC1COc2ccc(C(CCc3cc(Cl)ccc3Cl)c3ccccc3)cc2O1. The molecule has 1 heterocycles. The predicted octanol–water partition coefficient (Wildman–Crippen LogP) is 6.93. The molecule has 0 aromatic heterocycles. The molecule has 0 radical (unpaired) electrons. The minimum absolute atomic E-state index is 0.0943. The number of halogens is 2. The van der Waals surface area contributed by atoms with E-state index in [0.29, 0.717) is 24.8 Å². The highest BCUT2D eigenvalue weighted by Gasteiger charge is 2.23. The molecule has 0 bridgehead atoms. The minimum Gasteiger partial charge on any atom is -0.486 e. The number of hydrogen-bond acceptors (Lipinski definition) is 3. The Bertz CT molecular complexity index is 1010. The van der Waals surface area contributed by atoms with Gasteiger partial charge in [-0.2, -0.15) is 0 Å². The zero-order valence-corrected chi connectivity index (χ0v) is 19.0. The summed E-state index contributed by atoms with van der Waals surface area (Å²) in [6.45, 7) is 3.67. The van der Waals surface area contributed by atoms with Crippen LogP contribution in [0.2, 0.25) is 10.0 Å². The molecule has 0 saturated carbocycles. The van der Waals surface area contributed by atoms with Crippen molar-refractivity contribution in [2.24, 2.45) is 0 Å². The van der Waals surface area contributed by atoms with E-state index in [4.69, 9.17) is 37.4 Å². The van der Waals surface area contributed by atoms with Crippen molar-refractivity contribution in [2.45, 2.75) is 31.8 Å². The van der Waals surface area contributed by atoms with Crippen molar-refractivity contribution in [1.29, 1.82) is 0 Å². The molecule has 3 aromatic carbocycles. The largest absolute Gasteiger partial charge is 0.486 e. The first kappa shape index (κ1) is 22.0. The van der Waals surface area contributed by atoms with Crippen LogP contribution in [-0.2, 0) is 11.2 Å². The van der Waals surface area contributed by atoms with Crippen LogP contribution in [0.25, 0.3) is 0 Å².